The summed E-state index contributed by atoms with van der Waals surface area (Å²) in [7, 11) is 0. The minimum absolute atomic E-state index is 0.0690. The largest absolute Gasteiger partial charge is 0.480 e. The molecule has 8 nitrogen and oxygen atoms in total. The highest BCUT2D eigenvalue weighted by molar-refractivity contribution is 7.81. The van der Waals surface area contributed by atoms with Gasteiger partial charge in [0.15, 0.2) is 5.76 Å². The molecule has 0 saturated heterocycles. The van der Waals surface area contributed by atoms with Gasteiger partial charge in [0.2, 0.25) is 11.8 Å². The number of nitrogens with zero attached hydrogens (tertiary/aromatic N) is 1. The Bertz CT molecular complexity index is 890. The van der Waals surface area contributed by atoms with Gasteiger partial charge in [0.25, 0.3) is 0 Å². The van der Waals surface area contributed by atoms with Crippen molar-refractivity contribution in [2.75, 3.05) is 0 Å². The summed E-state index contributed by atoms with van der Waals surface area (Å²) in [5, 5.41) is 14.5. The Kier molecular flexibility index (Phi) is 6.81. The molecule has 2 unspecified atom stereocenters. The highest BCUT2D eigenvalue weighted by Crippen LogP contribution is 2.30. The Morgan fingerprint density at radius 3 is 2.53 bits per heavy atom. The van der Waals surface area contributed by atoms with E-state index in [1.54, 1.807) is 43.6 Å². The number of rotatable bonds is 8. The molecule has 3 rings (SSSR count). The van der Waals surface area contributed by atoms with Crippen LogP contribution in [0.1, 0.15) is 38.2 Å². The van der Waals surface area contributed by atoms with E-state index < -0.39 is 28.7 Å². The number of carbonyl (C=O) groups is 3. The standard InChI is InChI=1S/C21H25N3O5S/c1-13(30)18(25)24-21(8-2-3-9-21)20(28)23-16(19(26)27)11-14-6-7-15(22-12-14)17-5-4-10-29-17/h4-7,10,12-13,16,30H,2-3,8-9,11H2,1H3,(H,23,28)(H,24,25)(H,26,27). The molecule has 2 atom stereocenters. The number of carbonyl (C=O) groups excluding carboxylic acids is 2. The van der Waals surface area contributed by atoms with Crippen molar-refractivity contribution in [3.05, 3.63) is 42.3 Å². The quantitative estimate of drug-likeness (QED) is 0.476. The summed E-state index contributed by atoms with van der Waals surface area (Å²) in [5.74, 6) is -1.36. The third-order valence-electron chi connectivity index (χ3n) is 5.28. The molecule has 160 valence electrons. The maximum atomic E-state index is 13.0. The minimum atomic E-state index is -1.15. The normalized spacial score (nSPS) is 17.1. The first-order chi connectivity index (χ1) is 14.3. The van der Waals surface area contributed by atoms with E-state index >= 15 is 0 Å². The molecule has 2 heterocycles. The lowest BCUT2D eigenvalue weighted by molar-refractivity contribution is -0.143. The Morgan fingerprint density at radius 1 is 1.27 bits per heavy atom. The highest BCUT2D eigenvalue weighted by Gasteiger charge is 2.44. The number of aliphatic carboxylic acids is 1. The molecule has 0 aliphatic heterocycles. The maximum Gasteiger partial charge on any atom is 0.326 e. The Labute approximate surface area is 179 Å². The molecule has 1 fully saturated rings. The lowest BCUT2D eigenvalue weighted by Gasteiger charge is -2.31. The van der Waals surface area contributed by atoms with Gasteiger partial charge in [-0.25, -0.2) is 4.79 Å². The van der Waals surface area contributed by atoms with E-state index in [4.69, 9.17) is 4.42 Å². The molecule has 0 bridgehead atoms. The predicted octanol–water partition coefficient (Wildman–Crippen LogP) is 2.20. The van der Waals surface area contributed by atoms with Gasteiger partial charge in [0.05, 0.1) is 11.5 Å². The van der Waals surface area contributed by atoms with Crippen molar-refractivity contribution in [3.63, 3.8) is 0 Å². The van der Waals surface area contributed by atoms with Crippen molar-refractivity contribution >= 4 is 30.4 Å². The molecule has 2 amide bonds. The number of nitrogens with one attached hydrogen (secondary N) is 2. The fourth-order valence-corrected chi connectivity index (χ4v) is 3.64. The minimum Gasteiger partial charge on any atom is -0.480 e. The Hall–Kier alpha value is -2.81. The first-order valence-electron chi connectivity index (χ1n) is 9.83. The first kappa shape index (κ1) is 21.9. The zero-order chi connectivity index (χ0) is 21.7. The summed E-state index contributed by atoms with van der Waals surface area (Å²) in [6, 6.07) is 5.89. The SMILES string of the molecule is CC(S)C(=O)NC1(C(=O)NC(Cc2ccc(-c3ccco3)nc2)C(=O)O)CCCC1. The average molecular weight is 432 g/mol. The molecule has 3 N–H and O–H groups in total. The van der Waals surface area contributed by atoms with Gasteiger partial charge in [-0.3, -0.25) is 14.6 Å². The van der Waals surface area contributed by atoms with Crippen molar-refractivity contribution in [1.29, 1.82) is 0 Å². The second-order valence-electron chi connectivity index (χ2n) is 7.55. The van der Waals surface area contributed by atoms with E-state index in [2.05, 4.69) is 28.2 Å². The lowest BCUT2D eigenvalue weighted by atomic mass is 9.94. The number of hydrogen-bond donors (Lipinski definition) is 4. The number of amides is 2. The molecule has 0 spiro atoms. The molecule has 0 aromatic carbocycles. The monoisotopic (exact) mass is 431 g/mol. The topological polar surface area (TPSA) is 122 Å². The first-order valence-corrected chi connectivity index (χ1v) is 10.3. The lowest BCUT2D eigenvalue weighted by Crippen LogP contribution is -2.61. The van der Waals surface area contributed by atoms with Crippen molar-refractivity contribution in [3.8, 4) is 11.5 Å². The molecular formula is C21H25N3O5S. The van der Waals surface area contributed by atoms with E-state index in [0.29, 0.717) is 29.9 Å². The van der Waals surface area contributed by atoms with Crippen LogP contribution in [0.25, 0.3) is 11.5 Å². The van der Waals surface area contributed by atoms with Crippen LogP contribution in [0.2, 0.25) is 0 Å². The molecule has 1 aliphatic rings. The number of carboxylic acid groups (broad SMARTS) is 1. The second-order valence-corrected chi connectivity index (χ2v) is 8.33. The van der Waals surface area contributed by atoms with Crippen LogP contribution in [0.3, 0.4) is 0 Å². The number of aromatic nitrogens is 1. The van der Waals surface area contributed by atoms with Gasteiger partial charge in [-0.05, 0) is 43.5 Å². The number of carboxylic acids is 1. The summed E-state index contributed by atoms with van der Waals surface area (Å²) in [6.45, 7) is 1.62. The van der Waals surface area contributed by atoms with Crippen LogP contribution >= 0.6 is 12.6 Å². The summed E-state index contributed by atoms with van der Waals surface area (Å²) in [5.41, 5.74) is 0.197. The van der Waals surface area contributed by atoms with Crippen LogP contribution in [0.15, 0.2) is 41.1 Å². The highest BCUT2D eigenvalue weighted by atomic mass is 32.1. The van der Waals surface area contributed by atoms with E-state index in [9.17, 15) is 19.5 Å². The van der Waals surface area contributed by atoms with Crippen LogP contribution < -0.4 is 10.6 Å². The van der Waals surface area contributed by atoms with Crippen LogP contribution in [-0.4, -0.2) is 44.7 Å². The van der Waals surface area contributed by atoms with Crippen LogP contribution in [0.5, 0.6) is 0 Å². The third-order valence-corrected chi connectivity index (χ3v) is 5.51. The number of furan rings is 1. The zero-order valence-corrected chi connectivity index (χ0v) is 17.5. The van der Waals surface area contributed by atoms with Crippen molar-refractivity contribution in [2.24, 2.45) is 0 Å². The van der Waals surface area contributed by atoms with E-state index in [1.165, 1.54) is 0 Å². The molecule has 1 saturated carbocycles. The fourth-order valence-electron chi connectivity index (χ4n) is 3.58. The number of pyridine rings is 1. The third kappa shape index (κ3) is 5.02. The molecule has 1 aliphatic carbocycles. The molecule has 30 heavy (non-hydrogen) atoms. The van der Waals surface area contributed by atoms with Gasteiger partial charge in [-0.1, -0.05) is 18.9 Å². The summed E-state index contributed by atoms with van der Waals surface area (Å²) >= 11 is 4.12. The Balaban J connectivity index is 1.70. The van der Waals surface area contributed by atoms with Gasteiger partial charge >= 0.3 is 5.97 Å². The average Bonchev–Trinajstić information content (AvgIpc) is 3.40. The predicted molar refractivity (Wildman–Crippen MR) is 113 cm³/mol. The maximum absolute atomic E-state index is 13.0. The summed E-state index contributed by atoms with van der Waals surface area (Å²) < 4.78 is 5.29. The summed E-state index contributed by atoms with van der Waals surface area (Å²) in [6.07, 6.45) is 5.69. The fraction of sp³-hybridized carbons (Fsp3) is 0.429. The van der Waals surface area contributed by atoms with Crippen molar-refractivity contribution < 1.29 is 23.9 Å². The van der Waals surface area contributed by atoms with E-state index in [-0.39, 0.29) is 12.3 Å². The van der Waals surface area contributed by atoms with Gasteiger partial charge in [0.1, 0.15) is 17.3 Å². The van der Waals surface area contributed by atoms with Crippen molar-refractivity contribution in [2.45, 2.75) is 55.9 Å². The smallest absolute Gasteiger partial charge is 0.326 e. The molecule has 2 aromatic rings. The van der Waals surface area contributed by atoms with Gasteiger partial charge in [0, 0.05) is 12.6 Å². The number of hydrogen-bond acceptors (Lipinski definition) is 6. The molecule has 0 radical (unpaired) electrons. The van der Waals surface area contributed by atoms with E-state index in [1.807, 2.05) is 0 Å². The Morgan fingerprint density at radius 2 is 2.00 bits per heavy atom. The van der Waals surface area contributed by atoms with Gasteiger partial charge in [-0.2, -0.15) is 12.6 Å². The second kappa shape index (κ2) is 9.34. The van der Waals surface area contributed by atoms with Crippen LogP contribution in [-0.2, 0) is 20.8 Å². The van der Waals surface area contributed by atoms with Crippen LogP contribution in [0, 0.1) is 0 Å². The van der Waals surface area contributed by atoms with E-state index in [0.717, 1.165) is 12.8 Å². The molecule has 9 heteroatoms. The van der Waals surface area contributed by atoms with Crippen molar-refractivity contribution in [1.82, 2.24) is 15.6 Å². The van der Waals surface area contributed by atoms with Gasteiger partial charge in [-0.15, -0.1) is 0 Å². The van der Waals surface area contributed by atoms with Gasteiger partial charge < -0.3 is 20.2 Å². The summed E-state index contributed by atoms with van der Waals surface area (Å²) in [4.78, 5) is 41.2. The zero-order valence-electron chi connectivity index (χ0n) is 16.6. The molecular weight excluding hydrogens is 406 g/mol. The van der Waals surface area contributed by atoms with Crippen LogP contribution in [0.4, 0.5) is 0 Å². The molecule has 2 aromatic heterocycles. The number of thiol groups is 1.